The van der Waals surface area contributed by atoms with Gasteiger partial charge in [0.05, 0.1) is 9.77 Å². The summed E-state index contributed by atoms with van der Waals surface area (Å²) in [5.74, 6) is 0.620. The average Bonchev–Trinajstić information content (AvgIpc) is 3.03. The summed E-state index contributed by atoms with van der Waals surface area (Å²) in [5.41, 5.74) is 1.11. The Morgan fingerprint density at radius 2 is 2.04 bits per heavy atom. The van der Waals surface area contributed by atoms with Crippen LogP contribution in [0.2, 0.25) is 5.02 Å². The van der Waals surface area contributed by atoms with Gasteiger partial charge < -0.3 is 0 Å². The third-order valence-corrected chi connectivity index (χ3v) is 7.80. The van der Waals surface area contributed by atoms with Gasteiger partial charge in [-0.15, -0.1) is 23.5 Å². The van der Waals surface area contributed by atoms with Crippen molar-refractivity contribution in [2.24, 2.45) is 5.92 Å². The summed E-state index contributed by atoms with van der Waals surface area (Å²) in [6.45, 7) is 0. The van der Waals surface area contributed by atoms with Gasteiger partial charge in [-0.25, -0.2) is 0 Å². The highest BCUT2D eigenvalue weighted by Crippen LogP contribution is 2.51. The molecule has 0 radical (unpaired) electrons. The molecule has 0 spiro atoms. The van der Waals surface area contributed by atoms with E-state index in [2.05, 4.69) is 0 Å². The second-order valence-corrected chi connectivity index (χ2v) is 9.77. The number of benzene rings is 2. The van der Waals surface area contributed by atoms with Gasteiger partial charge in [0.25, 0.3) is 0 Å². The predicted molar refractivity (Wildman–Crippen MR) is 113 cm³/mol. The van der Waals surface area contributed by atoms with E-state index in [4.69, 9.17) is 11.6 Å². The van der Waals surface area contributed by atoms with Crippen molar-refractivity contribution >= 4 is 46.7 Å². The van der Waals surface area contributed by atoms with Gasteiger partial charge in [-0.3, -0.25) is 9.59 Å². The Morgan fingerprint density at radius 3 is 2.81 bits per heavy atom. The van der Waals surface area contributed by atoms with Crippen molar-refractivity contribution < 1.29 is 9.59 Å². The first-order chi connectivity index (χ1) is 13.0. The molecule has 2 aromatic carbocycles. The molecular weight excluding hydrogens is 396 g/mol. The monoisotopic (exact) mass is 414 g/mol. The number of allylic oxidation sites excluding steroid dienone is 2. The van der Waals surface area contributed by atoms with Crippen LogP contribution in [0.5, 0.6) is 0 Å². The van der Waals surface area contributed by atoms with E-state index in [0.29, 0.717) is 22.1 Å². The molecule has 2 aliphatic carbocycles. The summed E-state index contributed by atoms with van der Waals surface area (Å²) < 4.78 is -0.362. The molecule has 1 fully saturated rings. The third kappa shape index (κ3) is 3.63. The molecule has 2 atom stereocenters. The van der Waals surface area contributed by atoms with E-state index in [1.807, 2.05) is 48.7 Å². The summed E-state index contributed by atoms with van der Waals surface area (Å²) in [6.07, 6.45) is 8.62. The maximum absolute atomic E-state index is 13.0. The van der Waals surface area contributed by atoms with Crippen LogP contribution in [0, 0.1) is 5.92 Å². The SMILES string of the molecule is CSc1ccc(C(=O)c2cccc(SC34CCC(C=CC3=O)C4)c2)c(Cl)c1. The maximum atomic E-state index is 13.0. The summed E-state index contributed by atoms with van der Waals surface area (Å²) >= 11 is 9.53. The number of thioether (sulfide) groups is 2. The molecule has 27 heavy (non-hydrogen) atoms. The highest BCUT2D eigenvalue weighted by molar-refractivity contribution is 8.01. The molecule has 0 aromatic heterocycles. The van der Waals surface area contributed by atoms with Gasteiger partial charge in [-0.05, 0) is 67.8 Å². The van der Waals surface area contributed by atoms with E-state index in [0.717, 1.165) is 29.1 Å². The lowest BCUT2D eigenvalue weighted by Crippen LogP contribution is -2.32. The van der Waals surface area contributed by atoms with E-state index >= 15 is 0 Å². The first-order valence-electron chi connectivity index (χ1n) is 8.91. The lowest BCUT2D eigenvalue weighted by atomic mass is 9.93. The molecule has 0 amide bonds. The summed E-state index contributed by atoms with van der Waals surface area (Å²) in [6, 6.07) is 13.1. The smallest absolute Gasteiger partial charge is 0.194 e. The van der Waals surface area contributed by atoms with Crippen molar-refractivity contribution in [3.05, 3.63) is 70.8 Å². The number of hydrogen-bond donors (Lipinski definition) is 0. The second kappa shape index (κ2) is 7.50. The first kappa shape index (κ1) is 18.9. The van der Waals surface area contributed by atoms with Crippen LogP contribution in [0.4, 0.5) is 0 Å². The maximum Gasteiger partial charge on any atom is 0.194 e. The van der Waals surface area contributed by atoms with Gasteiger partial charge >= 0.3 is 0 Å². The van der Waals surface area contributed by atoms with Crippen LogP contribution in [-0.2, 0) is 4.79 Å². The minimum atomic E-state index is -0.362. The molecular formula is C22H19ClO2S2. The first-order valence-corrected chi connectivity index (χ1v) is 11.3. The Hall–Kier alpha value is -1.49. The average molecular weight is 415 g/mol. The Kier molecular flexibility index (Phi) is 5.23. The van der Waals surface area contributed by atoms with Crippen LogP contribution in [0.1, 0.15) is 35.2 Å². The second-order valence-electron chi connectivity index (χ2n) is 7.03. The van der Waals surface area contributed by atoms with Gasteiger partial charge in [0.15, 0.2) is 11.6 Å². The van der Waals surface area contributed by atoms with Crippen LogP contribution in [-0.4, -0.2) is 22.6 Å². The Labute approximate surface area is 172 Å². The van der Waals surface area contributed by atoms with Crippen LogP contribution in [0.3, 0.4) is 0 Å². The van der Waals surface area contributed by atoms with E-state index in [9.17, 15) is 9.59 Å². The molecule has 1 saturated carbocycles. The fourth-order valence-corrected chi connectivity index (χ4v) is 6.08. The molecule has 138 valence electrons. The molecule has 4 rings (SSSR count). The molecule has 0 N–H and O–H groups in total. The Bertz CT molecular complexity index is 953. The number of carbonyl (C=O) groups is 2. The minimum absolute atomic E-state index is 0.0910. The lowest BCUT2D eigenvalue weighted by molar-refractivity contribution is -0.117. The highest BCUT2D eigenvalue weighted by Gasteiger charge is 2.46. The summed E-state index contributed by atoms with van der Waals surface area (Å²) in [4.78, 5) is 27.5. The van der Waals surface area contributed by atoms with Crippen molar-refractivity contribution in [1.82, 2.24) is 0 Å². The van der Waals surface area contributed by atoms with E-state index in [1.165, 1.54) is 0 Å². The number of ketones is 2. The van der Waals surface area contributed by atoms with E-state index < -0.39 is 0 Å². The zero-order chi connectivity index (χ0) is 19.0. The minimum Gasteiger partial charge on any atom is -0.293 e. The van der Waals surface area contributed by atoms with Gasteiger partial charge in [0, 0.05) is 20.9 Å². The van der Waals surface area contributed by atoms with Gasteiger partial charge in [-0.2, -0.15) is 0 Å². The molecule has 0 saturated heterocycles. The molecule has 2 nitrogen and oxygen atoms in total. The predicted octanol–water partition coefficient (Wildman–Crippen LogP) is 6.06. The fourth-order valence-electron chi connectivity index (χ4n) is 3.84. The number of rotatable bonds is 5. The number of hydrogen-bond acceptors (Lipinski definition) is 4. The highest BCUT2D eigenvalue weighted by atomic mass is 35.5. The van der Waals surface area contributed by atoms with Crippen molar-refractivity contribution in [1.29, 1.82) is 0 Å². The third-order valence-electron chi connectivity index (χ3n) is 5.31. The normalized spacial score (nSPS) is 23.6. The zero-order valence-electron chi connectivity index (χ0n) is 14.9. The number of halogens is 1. The molecule has 2 aromatic rings. The topological polar surface area (TPSA) is 34.1 Å². The van der Waals surface area contributed by atoms with Gasteiger partial charge in [0.2, 0.25) is 0 Å². The van der Waals surface area contributed by atoms with Crippen LogP contribution >= 0.6 is 35.1 Å². The lowest BCUT2D eigenvalue weighted by Gasteiger charge is -2.28. The van der Waals surface area contributed by atoms with E-state index in [1.54, 1.807) is 35.7 Å². The Balaban J connectivity index is 1.60. The number of fused-ring (bicyclic) bond motifs is 2. The fraction of sp³-hybridized carbons (Fsp3) is 0.273. The molecule has 2 unspecified atom stereocenters. The van der Waals surface area contributed by atoms with E-state index in [-0.39, 0.29) is 16.3 Å². The zero-order valence-corrected chi connectivity index (χ0v) is 17.3. The van der Waals surface area contributed by atoms with Crippen molar-refractivity contribution in [2.45, 2.75) is 33.8 Å². The van der Waals surface area contributed by atoms with Crippen LogP contribution in [0.25, 0.3) is 0 Å². The van der Waals surface area contributed by atoms with Crippen LogP contribution < -0.4 is 0 Å². The number of carbonyl (C=O) groups excluding carboxylic acids is 2. The molecule has 2 aliphatic rings. The Morgan fingerprint density at radius 1 is 1.19 bits per heavy atom. The summed E-state index contributed by atoms with van der Waals surface area (Å²) in [5, 5.41) is 0.467. The quantitative estimate of drug-likeness (QED) is 0.439. The van der Waals surface area contributed by atoms with Gasteiger partial charge in [0.1, 0.15) is 0 Å². The van der Waals surface area contributed by atoms with Crippen LogP contribution in [0.15, 0.2) is 64.4 Å². The molecule has 5 heteroatoms. The van der Waals surface area contributed by atoms with Crippen molar-refractivity contribution in [2.75, 3.05) is 6.26 Å². The van der Waals surface area contributed by atoms with Gasteiger partial charge in [-0.1, -0.05) is 29.8 Å². The molecule has 0 heterocycles. The van der Waals surface area contributed by atoms with Crippen molar-refractivity contribution in [3.8, 4) is 0 Å². The molecule has 0 aliphatic heterocycles. The summed E-state index contributed by atoms with van der Waals surface area (Å²) in [7, 11) is 0. The largest absolute Gasteiger partial charge is 0.293 e. The van der Waals surface area contributed by atoms with Crippen molar-refractivity contribution in [3.63, 3.8) is 0 Å². The molecule has 2 bridgehead atoms. The standard InChI is InChI=1S/C22H19ClO2S2/c1-26-16-6-7-18(19(23)12-16)21(25)15-3-2-4-17(11-15)27-22-10-9-14(13-22)5-8-20(22)24/h2-8,11-12,14H,9-10,13H2,1H3.